The molecule has 0 fully saturated rings. The smallest absolute Gasteiger partial charge is 0.106 e. The van der Waals surface area contributed by atoms with Gasteiger partial charge in [-0.3, -0.25) is 5.32 Å². The predicted octanol–water partition coefficient (Wildman–Crippen LogP) is 2.78. The zero-order chi connectivity index (χ0) is 13.3. The molecule has 0 aromatic heterocycles. The topological polar surface area (TPSA) is 39.1 Å². The zero-order valence-corrected chi connectivity index (χ0v) is 12.2. The Hall–Kier alpha value is -0.590. The van der Waals surface area contributed by atoms with Gasteiger partial charge >= 0.3 is 0 Å². The summed E-state index contributed by atoms with van der Waals surface area (Å²) in [7, 11) is 2.17. The molecule has 3 nitrogen and oxygen atoms in total. The van der Waals surface area contributed by atoms with Crippen LogP contribution in [0.5, 0.6) is 0 Å². The molecule has 3 heteroatoms. The van der Waals surface area contributed by atoms with Crippen LogP contribution in [0.3, 0.4) is 0 Å². The van der Waals surface area contributed by atoms with E-state index in [2.05, 4.69) is 51.0 Å². The van der Waals surface area contributed by atoms with E-state index in [-0.39, 0.29) is 5.54 Å². The molecule has 0 rings (SSSR count). The van der Waals surface area contributed by atoms with Gasteiger partial charge in [-0.05, 0) is 52.7 Å². The highest BCUT2D eigenvalue weighted by atomic mass is 15.1. The lowest BCUT2D eigenvalue weighted by atomic mass is 9.92. The van der Waals surface area contributed by atoms with Gasteiger partial charge in [-0.2, -0.15) is 5.26 Å². The molecular formula is C14H29N3. The molecule has 0 aliphatic rings. The summed E-state index contributed by atoms with van der Waals surface area (Å²) in [6, 6.07) is 3.09. The Morgan fingerprint density at radius 2 is 2.00 bits per heavy atom. The minimum Gasteiger partial charge on any atom is -0.304 e. The molecule has 0 radical (unpaired) electrons. The molecule has 0 bridgehead atoms. The first-order valence-corrected chi connectivity index (χ1v) is 6.91. The first kappa shape index (κ1) is 16.4. The number of nitrogens with zero attached hydrogens (tertiary/aromatic N) is 2. The summed E-state index contributed by atoms with van der Waals surface area (Å²) in [5.41, 5.74) is -0.314. The predicted molar refractivity (Wildman–Crippen MR) is 73.9 cm³/mol. The SMILES string of the molecule is CCNC(C#N)(CC)CCCN(C)C(C)CC. The van der Waals surface area contributed by atoms with Crippen molar-refractivity contribution in [1.29, 1.82) is 5.26 Å². The Bertz CT molecular complexity index is 234. The molecule has 0 spiro atoms. The van der Waals surface area contributed by atoms with E-state index in [4.69, 9.17) is 0 Å². The number of hydrogen-bond donors (Lipinski definition) is 1. The van der Waals surface area contributed by atoms with E-state index in [1.807, 2.05) is 0 Å². The van der Waals surface area contributed by atoms with E-state index in [9.17, 15) is 5.26 Å². The van der Waals surface area contributed by atoms with Crippen molar-refractivity contribution in [3.63, 3.8) is 0 Å². The van der Waals surface area contributed by atoms with Crippen LogP contribution < -0.4 is 5.32 Å². The van der Waals surface area contributed by atoms with Crippen molar-refractivity contribution in [2.24, 2.45) is 0 Å². The molecule has 0 heterocycles. The van der Waals surface area contributed by atoms with Crippen molar-refractivity contribution in [3.05, 3.63) is 0 Å². The molecule has 2 unspecified atom stereocenters. The van der Waals surface area contributed by atoms with Crippen LogP contribution in [-0.4, -0.2) is 36.6 Å². The van der Waals surface area contributed by atoms with Crippen molar-refractivity contribution in [2.75, 3.05) is 20.1 Å². The number of rotatable bonds is 9. The maximum absolute atomic E-state index is 9.30. The van der Waals surface area contributed by atoms with E-state index in [1.54, 1.807) is 0 Å². The van der Waals surface area contributed by atoms with Gasteiger partial charge in [0, 0.05) is 6.04 Å². The van der Waals surface area contributed by atoms with E-state index >= 15 is 0 Å². The fraction of sp³-hybridized carbons (Fsp3) is 0.929. The molecule has 2 atom stereocenters. The second-order valence-electron chi connectivity index (χ2n) is 4.92. The van der Waals surface area contributed by atoms with Crippen molar-refractivity contribution >= 4 is 0 Å². The van der Waals surface area contributed by atoms with E-state index in [1.165, 1.54) is 6.42 Å². The van der Waals surface area contributed by atoms with Gasteiger partial charge in [-0.1, -0.05) is 20.8 Å². The fourth-order valence-electron chi connectivity index (χ4n) is 2.07. The molecule has 0 saturated heterocycles. The lowest BCUT2D eigenvalue weighted by Gasteiger charge is -2.28. The first-order valence-electron chi connectivity index (χ1n) is 6.91. The maximum Gasteiger partial charge on any atom is 0.106 e. The van der Waals surface area contributed by atoms with Gasteiger partial charge in [0.1, 0.15) is 5.54 Å². The fourth-order valence-corrected chi connectivity index (χ4v) is 2.07. The Labute approximate surface area is 107 Å². The lowest BCUT2D eigenvalue weighted by molar-refractivity contribution is 0.235. The summed E-state index contributed by atoms with van der Waals surface area (Å²) in [5.74, 6) is 0. The Morgan fingerprint density at radius 1 is 1.35 bits per heavy atom. The summed E-state index contributed by atoms with van der Waals surface area (Å²) in [6.07, 6.45) is 4.08. The van der Waals surface area contributed by atoms with Gasteiger partial charge < -0.3 is 4.90 Å². The highest BCUT2D eigenvalue weighted by Crippen LogP contribution is 2.17. The summed E-state index contributed by atoms with van der Waals surface area (Å²) in [5, 5.41) is 12.6. The average molecular weight is 239 g/mol. The maximum atomic E-state index is 9.30. The van der Waals surface area contributed by atoms with Crippen LogP contribution >= 0.6 is 0 Å². The first-order chi connectivity index (χ1) is 8.05. The largest absolute Gasteiger partial charge is 0.304 e. The normalized spacial score (nSPS) is 16.5. The second-order valence-corrected chi connectivity index (χ2v) is 4.92. The van der Waals surface area contributed by atoms with E-state index in [0.29, 0.717) is 6.04 Å². The van der Waals surface area contributed by atoms with Crippen LogP contribution in [0.2, 0.25) is 0 Å². The number of nitrogens with one attached hydrogen (secondary N) is 1. The third kappa shape index (κ3) is 5.52. The van der Waals surface area contributed by atoms with Gasteiger partial charge in [0.25, 0.3) is 0 Å². The van der Waals surface area contributed by atoms with Crippen LogP contribution in [0.1, 0.15) is 53.4 Å². The van der Waals surface area contributed by atoms with Crippen LogP contribution in [0.25, 0.3) is 0 Å². The zero-order valence-electron chi connectivity index (χ0n) is 12.2. The van der Waals surface area contributed by atoms with E-state index in [0.717, 1.165) is 32.4 Å². The van der Waals surface area contributed by atoms with Gasteiger partial charge in [-0.15, -0.1) is 0 Å². The third-order valence-corrected chi connectivity index (χ3v) is 3.79. The van der Waals surface area contributed by atoms with E-state index < -0.39 is 0 Å². The summed E-state index contributed by atoms with van der Waals surface area (Å²) >= 11 is 0. The molecule has 17 heavy (non-hydrogen) atoms. The minimum absolute atomic E-state index is 0.314. The standard InChI is InChI=1S/C14H29N3/c1-6-13(4)17(5)11-9-10-14(7-2,12-15)16-8-3/h13,16H,6-11H2,1-5H3. The average Bonchev–Trinajstić information content (AvgIpc) is 2.36. The lowest BCUT2D eigenvalue weighted by Crippen LogP contribution is -2.44. The molecule has 0 aliphatic carbocycles. The van der Waals surface area contributed by atoms with Gasteiger partial charge in [0.05, 0.1) is 6.07 Å². The summed E-state index contributed by atoms with van der Waals surface area (Å²) < 4.78 is 0. The highest BCUT2D eigenvalue weighted by molar-refractivity contribution is 5.05. The summed E-state index contributed by atoms with van der Waals surface area (Å²) in [6.45, 7) is 10.6. The molecule has 100 valence electrons. The highest BCUT2D eigenvalue weighted by Gasteiger charge is 2.26. The minimum atomic E-state index is -0.314. The molecule has 0 aliphatic heterocycles. The van der Waals surface area contributed by atoms with Crippen molar-refractivity contribution < 1.29 is 0 Å². The Kier molecular flexibility index (Phi) is 8.20. The van der Waals surface area contributed by atoms with Crippen molar-refractivity contribution in [1.82, 2.24) is 10.2 Å². The number of nitriles is 1. The van der Waals surface area contributed by atoms with Crippen molar-refractivity contribution in [3.8, 4) is 6.07 Å². The summed E-state index contributed by atoms with van der Waals surface area (Å²) in [4.78, 5) is 2.38. The van der Waals surface area contributed by atoms with Crippen molar-refractivity contribution in [2.45, 2.75) is 65.0 Å². The number of hydrogen-bond acceptors (Lipinski definition) is 3. The monoisotopic (exact) mass is 239 g/mol. The second kappa shape index (κ2) is 8.49. The molecule has 0 amide bonds. The van der Waals surface area contributed by atoms with Gasteiger partial charge in [0.2, 0.25) is 0 Å². The molecule has 0 aromatic carbocycles. The van der Waals surface area contributed by atoms with Crippen LogP contribution in [0, 0.1) is 11.3 Å². The Morgan fingerprint density at radius 3 is 2.41 bits per heavy atom. The molecule has 0 aromatic rings. The van der Waals surface area contributed by atoms with Crippen LogP contribution in [-0.2, 0) is 0 Å². The third-order valence-electron chi connectivity index (χ3n) is 3.79. The van der Waals surface area contributed by atoms with Crippen LogP contribution in [0.4, 0.5) is 0 Å². The van der Waals surface area contributed by atoms with Crippen LogP contribution in [0.15, 0.2) is 0 Å². The Balaban J connectivity index is 4.11. The van der Waals surface area contributed by atoms with Gasteiger partial charge in [0.15, 0.2) is 0 Å². The van der Waals surface area contributed by atoms with Gasteiger partial charge in [-0.25, -0.2) is 0 Å². The molecule has 0 saturated carbocycles. The molecular weight excluding hydrogens is 210 g/mol. The molecule has 1 N–H and O–H groups in total. The quantitative estimate of drug-likeness (QED) is 0.672.